The number of unbranched alkanes of at least 4 members (excludes halogenated alkanes) is 18. The van der Waals surface area contributed by atoms with E-state index in [9.17, 15) is 9.59 Å². The molecule has 0 aromatic rings. The molecule has 4 heteroatoms. The van der Waals surface area contributed by atoms with Gasteiger partial charge in [-0.2, -0.15) is 0 Å². The third kappa shape index (κ3) is 41.8. The van der Waals surface area contributed by atoms with E-state index in [4.69, 9.17) is 9.84 Å². The van der Waals surface area contributed by atoms with Gasteiger partial charge in [0.2, 0.25) is 0 Å². The Kier molecular flexibility index (Phi) is 40.6. The van der Waals surface area contributed by atoms with Gasteiger partial charge in [-0.05, 0) is 89.9 Å². The van der Waals surface area contributed by atoms with Gasteiger partial charge in [-0.1, -0.05) is 183 Å². The van der Waals surface area contributed by atoms with E-state index in [1.807, 2.05) is 0 Å². The number of rotatable bonds is 39. The van der Waals surface area contributed by atoms with Crippen molar-refractivity contribution in [3.63, 3.8) is 0 Å². The van der Waals surface area contributed by atoms with Crippen molar-refractivity contribution in [2.75, 3.05) is 0 Å². The zero-order chi connectivity index (χ0) is 37.8. The highest BCUT2D eigenvalue weighted by atomic mass is 16.5. The number of carbonyl (C=O) groups is 2. The molecule has 0 rings (SSSR count). The highest BCUT2D eigenvalue weighted by Crippen LogP contribution is 2.18. The molecule has 4 nitrogen and oxygen atoms in total. The molecule has 298 valence electrons. The van der Waals surface area contributed by atoms with E-state index >= 15 is 0 Å². The van der Waals surface area contributed by atoms with Gasteiger partial charge in [-0.3, -0.25) is 9.59 Å². The number of carbonyl (C=O) groups excluding carboxylic acids is 1. The molecular formula is C48H82O4. The van der Waals surface area contributed by atoms with E-state index < -0.39 is 5.97 Å². The summed E-state index contributed by atoms with van der Waals surface area (Å²) >= 11 is 0. The molecule has 1 unspecified atom stereocenters. The van der Waals surface area contributed by atoms with Crippen LogP contribution in [0.15, 0.2) is 72.9 Å². The second-order valence-electron chi connectivity index (χ2n) is 14.5. The van der Waals surface area contributed by atoms with Crippen LogP contribution in [-0.2, 0) is 14.3 Å². The van der Waals surface area contributed by atoms with Crippen molar-refractivity contribution < 1.29 is 19.4 Å². The molecule has 0 spiro atoms. The number of esters is 1. The SMILES string of the molecule is CC/C=C\C/C=C\C/C=C\C/C=C\C/C=C\C/C=C\CCCCC(=O)OC(CCCCCCCCCCCCCCCCC)CCCCCC(=O)O. The smallest absolute Gasteiger partial charge is 0.306 e. The summed E-state index contributed by atoms with van der Waals surface area (Å²) in [6, 6.07) is 0. The number of hydrogen-bond acceptors (Lipinski definition) is 3. The maximum Gasteiger partial charge on any atom is 0.306 e. The molecule has 0 saturated heterocycles. The first-order chi connectivity index (χ1) is 25.6. The Morgan fingerprint density at radius 3 is 1.23 bits per heavy atom. The molecule has 52 heavy (non-hydrogen) atoms. The lowest BCUT2D eigenvalue weighted by Gasteiger charge is -2.18. The molecule has 0 aromatic heterocycles. The lowest BCUT2D eigenvalue weighted by molar-refractivity contribution is -0.150. The molecule has 0 saturated carbocycles. The van der Waals surface area contributed by atoms with Crippen LogP contribution in [-0.4, -0.2) is 23.1 Å². The Balaban J connectivity index is 4.03. The number of carboxylic acids is 1. The molecule has 0 aliphatic heterocycles. The van der Waals surface area contributed by atoms with Gasteiger partial charge in [0.25, 0.3) is 0 Å². The van der Waals surface area contributed by atoms with E-state index in [0.29, 0.717) is 12.8 Å². The van der Waals surface area contributed by atoms with Crippen LogP contribution in [0.25, 0.3) is 0 Å². The number of aliphatic carboxylic acids is 1. The first-order valence-corrected chi connectivity index (χ1v) is 21.9. The third-order valence-corrected chi connectivity index (χ3v) is 9.44. The Hall–Kier alpha value is -2.62. The lowest BCUT2D eigenvalue weighted by atomic mass is 10.0. The summed E-state index contributed by atoms with van der Waals surface area (Å²) in [6.45, 7) is 4.44. The van der Waals surface area contributed by atoms with E-state index in [1.54, 1.807) is 0 Å². The van der Waals surface area contributed by atoms with Gasteiger partial charge in [-0.15, -0.1) is 0 Å². The fourth-order valence-corrected chi connectivity index (χ4v) is 6.25. The minimum absolute atomic E-state index is 0.0253. The minimum Gasteiger partial charge on any atom is -0.481 e. The van der Waals surface area contributed by atoms with Crippen LogP contribution >= 0.6 is 0 Å². The van der Waals surface area contributed by atoms with E-state index in [2.05, 4.69) is 86.8 Å². The van der Waals surface area contributed by atoms with E-state index in [0.717, 1.165) is 89.9 Å². The molecule has 0 aliphatic rings. The third-order valence-electron chi connectivity index (χ3n) is 9.44. The van der Waals surface area contributed by atoms with Gasteiger partial charge in [0.05, 0.1) is 0 Å². The Labute approximate surface area is 322 Å². The number of ether oxygens (including phenoxy) is 1. The maximum atomic E-state index is 12.7. The molecule has 1 N–H and O–H groups in total. The van der Waals surface area contributed by atoms with Gasteiger partial charge in [-0.25, -0.2) is 0 Å². The highest BCUT2D eigenvalue weighted by molar-refractivity contribution is 5.69. The zero-order valence-electron chi connectivity index (χ0n) is 34.1. The number of hydrogen-bond donors (Lipinski definition) is 1. The summed E-state index contributed by atoms with van der Waals surface area (Å²) < 4.78 is 5.94. The van der Waals surface area contributed by atoms with Crippen molar-refractivity contribution >= 4 is 11.9 Å². The van der Waals surface area contributed by atoms with Crippen molar-refractivity contribution in [1.29, 1.82) is 0 Å². The fourth-order valence-electron chi connectivity index (χ4n) is 6.25. The van der Waals surface area contributed by atoms with Gasteiger partial charge < -0.3 is 9.84 Å². The monoisotopic (exact) mass is 723 g/mol. The van der Waals surface area contributed by atoms with Gasteiger partial charge >= 0.3 is 11.9 Å². The second kappa shape index (κ2) is 42.8. The van der Waals surface area contributed by atoms with Gasteiger partial charge in [0.1, 0.15) is 6.10 Å². The zero-order valence-corrected chi connectivity index (χ0v) is 34.1. The average Bonchev–Trinajstić information content (AvgIpc) is 3.13. The molecular weight excluding hydrogens is 641 g/mol. The highest BCUT2D eigenvalue weighted by Gasteiger charge is 2.14. The van der Waals surface area contributed by atoms with Crippen LogP contribution in [0.5, 0.6) is 0 Å². The van der Waals surface area contributed by atoms with Crippen LogP contribution in [0.2, 0.25) is 0 Å². The molecule has 1 atom stereocenters. The van der Waals surface area contributed by atoms with Crippen molar-refractivity contribution in [3.05, 3.63) is 72.9 Å². The molecule has 0 aliphatic carbocycles. The molecule has 0 fully saturated rings. The first kappa shape index (κ1) is 49.4. The Morgan fingerprint density at radius 1 is 0.442 bits per heavy atom. The predicted octanol–water partition coefficient (Wildman–Crippen LogP) is 15.5. The van der Waals surface area contributed by atoms with E-state index in [1.165, 1.54) is 89.9 Å². The summed E-state index contributed by atoms with van der Waals surface area (Å²) in [5.74, 6) is -0.802. The van der Waals surface area contributed by atoms with Crippen molar-refractivity contribution in [1.82, 2.24) is 0 Å². The van der Waals surface area contributed by atoms with Crippen LogP contribution in [0.4, 0.5) is 0 Å². The molecule has 0 bridgehead atoms. The van der Waals surface area contributed by atoms with Gasteiger partial charge in [0.15, 0.2) is 0 Å². The fraction of sp³-hybridized carbons (Fsp3) is 0.708. The topological polar surface area (TPSA) is 63.6 Å². The van der Waals surface area contributed by atoms with Crippen LogP contribution < -0.4 is 0 Å². The van der Waals surface area contributed by atoms with Gasteiger partial charge in [0, 0.05) is 12.8 Å². The Morgan fingerprint density at radius 2 is 0.808 bits per heavy atom. The van der Waals surface area contributed by atoms with Crippen molar-refractivity contribution in [2.45, 2.75) is 219 Å². The normalized spacial score (nSPS) is 13.0. The minimum atomic E-state index is -0.732. The molecule has 0 heterocycles. The van der Waals surface area contributed by atoms with Crippen molar-refractivity contribution in [3.8, 4) is 0 Å². The number of carboxylic acid groups (broad SMARTS) is 1. The molecule has 0 radical (unpaired) electrons. The maximum absolute atomic E-state index is 12.7. The second-order valence-corrected chi connectivity index (χ2v) is 14.5. The van der Waals surface area contributed by atoms with Crippen LogP contribution in [0.3, 0.4) is 0 Å². The first-order valence-electron chi connectivity index (χ1n) is 21.9. The molecule has 0 aromatic carbocycles. The summed E-state index contributed by atoms with van der Waals surface area (Å²) in [6.07, 6.45) is 60.7. The lowest BCUT2D eigenvalue weighted by Crippen LogP contribution is -2.18. The molecule has 0 amide bonds. The standard InChI is InChI=1S/C48H82O4/c1-3-5-7-9-11-13-15-17-19-20-21-22-23-24-26-28-30-32-34-36-41-45-48(51)52-46(43-39-37-40-44-47(49)50)42-38-35-33-31-29-27-25-18-16-14-12-10-8-6-4-2/h5,7,11,13,17,19,21-22,24,26,30,32,46H,3-4,6,8-10,12,14-16,18,20,23,25,27-29,31,33-45H2,1-2H3,(H,49,50)/b7-5-,13-11-,19-17-,22-21-,26-24-,32-30-. The largest absolute Gasteiger partial charge is 0.481 e. The van der Waals surface area contributed by atoms with Crippen molar-refractivity contribution in [2.24, 2.45) is 0 Å². The number of allylic oxidation sites excluding steroid dienone is 12. The Bertz CT molecular complexity index is 953. The summed E-state index contributed by atoms with van der Waals surface area (Å²) in [7, 11) is 0. The summed E-state index contributed by atoms with van der Waals surface area (Å²) in [4.78, 5) is 23.5. The summed E-state index contributed by atoms with van der Waals surface area (Å²) in [5.41, 5.74) is 0. The quantitative estimate of drug-likeness (QED) is 0.0390. The van der Waals surface area contributed by atoms with E-state index in [-0.39, 0.29) is 18.5 Å². The predicted molar refractivity (Wildman–Crippen MR) is 227 cm³/mol. The van der Waals surface area contributed by atoms with Crippen LogP contribution in [0, 0.1) is 0 Å². The summed E-state index contributed by atoms with van der Waals surface area (Å²) in [5, 5.41) is 8.92. The van der Waals surface area contributed by atoms with Crippen LogP contribution in [0.1, 0.15) is 213 Å². The average molecular weight is 723 g/mol.